The molecule has 2 rings (SSSR count). The van der Waals surface area contributed by atoms with Crippen LogP contribution >= 0.6 is 11.8 Å². The minimum atomic E-state index is -0.403. The van der Waals surface area contributed by atoms with Gasteiger partial charge in [0.05, 0.1) is 5.92 Å². The summed E-state index contributed by atoms with van der Waals surface area (Å²) in [6.45, 7) is 7.42. The Kier molecular flexibility index (Phi) is 8.29. The van der Waals surface area contributed by atoms with Gasteiger partial charge in [0.25, 0.3) is 5.91 Å². The van der Waals surface area contributed by atoms with Crippen LogP contribution in [0.1, 0.15) is 42.9 Å². The Balaban J connectivity index is 2.04. The van der Waals surface area contributed by atoms with Crippen LogP contribution in [0.3, 0.4) is 0 Å². The third-order valence-corrected chi connectivity index (χ3v) is 5.47. The number of thioether (sulfide) groups is 1. The van der Waals surface area contributed by atoms with E-state index in [-0.39, 0.29) is 18.4 Å². The molecule has 2 aromatic carbocycles. The maximum absolute atomic E-state index is 12.7. The molecular weight excluding hydrogens is 384 g/mol. The number of nitrogens with one attached hydrogen (secondary N) is 1. The molecule has 0 aliphatic carbocycles. The number of benzene rings is 2. The third-order valence-electron chi connectivity index (χ3n) is 4.91. The molecule has 152 valence electrons. The Bertz CT molecular complexity index is 883. The van der Waals surface area contributed by atoms with Crippen molar-refractivity contribution in [2.75, 3.05) is 11.9 Å². The number of nitrogens with zero attached hydrogens (tertiary/aromatic N) is 1. The average molecular weight is 411 g/mol. The van der Waals surface area contributed by atoms with Gasteiger partial charge in [-0.3, -0.25) is 9.59 Å². The number of ether oxygens (including phenoxy) is 1. The average Bonchev–Trinajstić information content (AvgIpc) is 2.70. The summed E-state index contributed by atoms with van der Waals surface area (Å²) < 4.78 is 5.36. The largest absolute Gasteiger partial charge is 0.455 e. The first-order chi connectivity index (χ1) is 13.9. The number of hydrogen-bond donors (Lipinski definition) is 1. The summed E-state index contributed by atoms with van der Waals surface area (Å²) in [5.41, 5.74) is 3.27. The fraction of sp³-hybridized carbons (Fsp3) is 0.348. The predicted molar refractivity (Wildman–Crippen MR) is 116 cm³/mol. The van der Waals surface area contributed by atoms with Crippen molar-refractivity contribution >= 4 is 29.3 Å². The molecule has 0 saturated carbocycles. The number of carbonyl (C=O) groups excluding carboxylic acids is 2. The molecule has 29 heavy (non-hydrogen) atoms. The number of thiocyanates is 1. The van der Waals surface area contributed by atoms with E-state index in [1.165, 1.54) is 0 Å². The quantitative estimate of drug-likeness (QED) is 0.368. The van der Waals surface area contributed by atoms with Crippen LogP contribution in [0, 0.1) is 30.4 Å². The van der Waals surface area contributed by atoms with Gasteiger partial charge >= 0.3 is 5.97 Å². The van der Waals surface area contributed by atoms with Crippen LogP contribution in [-0.4, -0.2) is 18.5 Å². The van der Waals surface area contributed by atoms with E-state index < -0.39 is 11.9 Å². The van der Waals surface area contributed by atoms with Gasteiger partial charge in [0.2, 0.25) is 0 Å². The molecular formula is C23H26N2O3S. The summed E-state index contributed by atoms with van der Waals surface area (Å²) in [6.07, 6.45) is 0.826. The molecule has 0 heterocycles. The second-order valence-corrected chi connectivity index (χ2v) is 7.91. The first-order valence-electron chi connectivity index (χ1n) is 9.56. The van der Waals surface area contributed by atoms with E-state index in [0.717, 1.165) is 39.8 Å². The predicted octanol–water partition coefficient (Wildman–Crippen LogP) is 5.19. The zero-order chi connectivity index (χ0) is 21.4. The fourth-order valence-electron chi connectivity index (χ4n) is 3.23. The van der Waals surface area contributed by atoms with E-state index in [1.807, 2.05) is 75.6 Å². The van der Waals surface area contributed by atoms with Gasteiger partial charge in [-0.25, -0.2) is 0 Å². The molecule has 1 amide bonds. The van der Waals surface area contributed by atoms with Crippen LogP contribution in [0.15, 0.2) is 47.4 Å². The summed E-state index contributed by atoms with van der Waals surface area (Å²) in [5.74, 6) is -1.08. The van der Waals surface area contributed by atoms with Crippen molar-refractivity contribution in [1.29, 1.82) is 5.26 Å². The van der Waals surface area contributed by atoms with Gasteiger partial charge in [0.15, 0.2) is 6.61 Å². The van der Waals surface area contributed by atoms with Gasteiger partial charge in [0.1, 0.15) is 5.40 Å². The van der Waals surface area contributed by atoms with E-state index >= 15 is 0 Å². The van der Waals surface area contributed by atoms with Crippen molar-refractivity contribution in [3.63, 3.8) is 0 Å². The van der Waals surface area contributed by atoms with Gasteiger partial charge in [-0.05, 0) is 60.4 Å². The van der Waals surface area contributed by atoms with E-state index in [9.17, 15) is 9.59 Å². The maximum atomic E-state index is 12.7. The normalized spacial score (nSPS) is 12.5. The zero-order valence-corrected chi connectivity index (χ0v) is 18.0. The van der Waals surface area contributed by atoms with Crippen molar-refractivity contribution in [3.05, 3.63) is 59.2 Å². The smallest absolute Gasteiger partial charge is 0.314 e. The van der Waals surface area contributed by atoms with E-state index in [0.29, 0.717) is 5.69 Å². The van der Waals surface area contributed by atoms with Gasteiger partial charge < -0.3 is 10.1 Å². The Labute approximate surface area is 176 Å². The molecule has 0 bridgehead atoms. The molecule has 0 saturated heterocycles. The lowest BCUT2D eigenvalue weighted by atomic mass is 9.86. The molecule has 0 aromatic heterocycles. The van der Waals surface area contributed by atoms with Crippen LogP contribution in [-0.2, 0) is 14.3 Å². The minimum absolute atomic E-state index is 0.0997. The molecule has 0 radical (unpaired) electrons. The minimum Gasteiger partial charge on any atom is -0.455 e. The summed E-state index contributed by atoms with van der Waals surface area (Å²) in [6, 6.07) is 13.2. The summed E-state index contributed by atoms with van der Waals surface area (Å²) in [7, 11) is 0. The third kappa shape index (κ3) is 6.10. The summed E-state index contributed by atoms with van der Waals surface area (Å²) in [4.78, 5) is 25.9. The highest BCUT2D eigenvalue weighted by Gasteiger charge is 2.27. The number of nitriles is 1. The molecule has 0 aliphatic rings. The number of aryl methyl sites for hydroxylation is 2. The molecule has 2 atom stereocenters. The number of anilines is 1. The highest BCUT2D eigenvalue weighted by molar-refractivity contribution is 8.03. The van der Waals surface area contributed by atoms with Crippen molar-refractivity contribution in [3.8, 4) is 5.40 Å². The van der Waals surface area contributed by atoms with E-state index in [4.69, 9.17) is 10.00 Å². The standard InChI is InChI=1S/C23H26N2O3S/c1-5-15(2)21(18-9-7-6-8-10-18)23(27)28-13-20(26)25-22-16(3)11-19(29-14-24)12-17(22)4/h6-12,15,21H,5,13H2,1-4H3,(H,25,26)/t15-,21+/m0/s1. The SMILES string of the molecule is CC[C@H](C)[C@@H](C(=O)OCC(=O)Nc1c(C)cc(SC#N)cc1C)c1ccccc1. The van der Waals surface area contributed by atoms with Crippen LogP contribution < -0.4 is 5.32 Å². The van der Waals surface area contributed by atoms with Crippen molar-refractivity contribution in [2.24, 2.45) is 5.92 Å². The molecule has 2 aromatic rings. The second-order valence-electron chi connectivity index (χ2n) is 7.06. The Morgan fingerprint density at radius 3 is 2.34 bits per heavy atom. The number of carbonyl (C=O) groups is 2. The van der Waals surface area contributed by atoms with Crippen molar-refractivity contribution in [2.45, 2.75) is 44.9 Å². The van der Waals surface area contributed by atoms with Gasteiger partial charge in [-0.15, -0.1) is 0 Å². The zero-order valence-electron chi connectivity index (χ0n) is 17.2. The van der Waals surface area contributed by atoms with Gasteiger partial charge in [-0.1, -0.05) is 50.6 Å². The van der Waals surface area contributed by atoms with Crippen LogP contribution in [0.2, 0.25) is 0 Å². The number of rotatable bonds is 8. The molecule has 5 nitrogen and oxygen atoms in total. The molecule has 6 heteroatoms. The Morgan fingerprint density at radius 1 is 1.17 bits per heavy atom. The highest BCUT2D eigenvalue weighted by Crippen LogP contribution is 2.29. The Morgan fingerprint density at radius 2 is 1.79 bits per heavy atom. The second kappa shape index (κ2) is 10.7. The molecule has 0 fully saturated rings. The van der Waals surface area contributed by atoms with Crippen LogP contribution in [0.25, 0.3) is 0 Å². The Hall–Kier alpha value is -2.78. The monoisotopic (exact) mass is 410 g/mol. The van der Waals surface area contributed by atoms with Gasteiger partial charge in [-0.2, -0.15) is 5.26 Å². The summed E-state index contributed by atoms with van der Waals surface area (Å²) in [5, 5.41) is 13.7. The van der Waals surface area contributed by atoms with Crippen LogP contribution in [0.5, 0.6) is 0 Å². The first-order valence-corrected chi connectivity index (χ1v) is 10.4. The number of hydrogen-bond acceptors (Lipinski definition) is 5. The lowest BCUT2D eigenvalue weighted by Gasteiger charge is -2.22. The highest BCUT2D eigenvalue weighted by atomic mass is 32.2. The van der Waals surface area contributed by atoms with Crippen molar-refractivity contribution in [1.82, 2.24) is 0 Å². The summed E-state index contributed by atoms with van der Waals surface area (Å²) >= 11 is 1.07. The lowest BCUT2D eigenvalue weighted by molar-refractivity contribution is -0.150. The van der Waals surface area contributed by atoms with Gasteiger partial charge in [0, 0.05) is 10.6 Å². The topological polar surface area (TPSA) is 79.2 Å². The maximum Gasteiger partial charge on any atom is 0.314 e. The fourth-order valence-corrected chi connectivity index (χ4v) is 3.80. The van der Waals surface area contributed by atoms with E-state index in [1.54, 1.807) is 0 Å². The molecule has 0 aliphatic heterocycles. The number of amides is 1. The molecule has 0 spiro atoms. The van der Waals surface area contributed by atoms with E-state index in [2.05, 4.69) is 5.32 Å². The first kappa shape index (κ1) is 22.5. The van der Waals surface area contributed by atoms with Crippen molar-refractivity contribution < 1.29 is 14.3 Å². The van der Waals surface area contributed by atoms with Crippen LogP contribution in [0.4, 0.5) is 5.69 Å². The number of esters is 1. The molecule has 0 unspecified atom stereocenters. The molecule has 1 N–H and O–H groups in total. The lowest BCUT2D eigenvalue weighted by Crippen LogP contribution is -2.27.